The molecule has 0 heterocycles. The van der Waals surface area contributed by atoms with Crippen LogP contribution in [0.5, 0.6) is 0 Å². The molecule has 0 saturated heterocycles. The van der Waals surface area contributed by atoms with Gasteiger partial charge in [-0.15, -0.1) is 0 Å². The van der Waals surface area contributed by atoms with Gasteiger partial charge in [0.25, 0.3) is 10.1 Å². The van der Waals surface area contributed by atoms with Gasteiger partial charge in [-0.1, -0.05) is 36.8 Å². The van der Waals surface area contributed by atoms with Gasteiger partial charge in [0.2, 0.25) is 10.0 Å². The van der Waals surface area contributed by atoms with Crippen molar-refractivity contribution in [2.75, 3.05) is 6.54 Å². The number of rotatable bonds is 10. The predicted octanol–water partition coefficient (Wildman–Crippen LogP) is 3.74. The summed E-state index contributed by atoms with van der Waals surface area (Å²) in [5, 5.41) is 8.84. The first-order valence-electron chi connectivity index (χ1n) is 9.57. The third-order valence-electron chi connectivity index (χ3n) is 4.48. The number of sulfonamides is 1. The Labute approximate surface area is 179 Å². The fourth-order valence-corrected chi connectivity index (χ4v) is 5.77. The standard InChI is InChI=1S/C21H26N2O5S2/c1-4-21(28-30(26,27)20-9-7-8-18(3)16-20)23(15-6-5-14-22)29(24,25)19-12-10-17(2)11-13-19/h7-13,16,21H,4-6,15H2,1-3H3. The summed E-state index contributed by atoms with van der Waals surface area (Å²) in [5.74, 6) is 0. The monoisotopic (exact) mass is 450 g/mol. The van der Waals surface area contributed by atoms with Crippen molar-refractivity contribution in [2.45, 2.75) is 56.1 Å². The summed E-state index contributed by atoms with van der Waals surface area (Å²) in [5.41, 5.74) is 1.64. The summed E-state index contributed by atoms with van der Waals surface area (Å²) in [6.07, 6.45) is -0.726. The highest BCUT2D eigenvalue weighted by atomic mass is 32.2. The first-order valence-corrected chi connectivity index (χ1v) is 12.4. The second kappa shape index (κ2) is 10.2. The van der Waals surface area contributed by atoms with Crippen molar-refractivity contribution in [1.82, 2.24) is 4.31 Å². The van der Waals surface area contributed by atoms with Gasteiger partial charge in [0, 0.05) is 13.0 Å². The van der Waals surface area contributed by atoms with Crippen LogP contribution >= 0.6 is 0 Å². The molecule has 0 aromatic heterocycles. The second-order valence-corrected chi connectivity index (χ2v) is 10.4. The fourth-order valence-electron chi connectivity index (χ4n) is 2.87. The first kappa shape index (κ1) is 24.0. The van der Waals surface area contributed by atoms with Crippen LogP contribution in [0.3, 0.4) is 0 Å². The lowest BCUT2D eigenvalue weighted by molar-refractivity contribution is 0.0895. The van der Waals surface area contributed by atoms with Crippen LogP contribution < -0.4 is 0 Å². The van der Waals surface area contributed by atoms with E-state index in [1.165, 1.54) is 24.3 Å². The summed E-state index contributed by atoms with van der Waals surface area (Å²) >= 11 is 0. The Bertz CT molecular complexity index is 1100. The van der Waals surface area contributed by atoms with Gasteiger partial charge >= 0.3 is 0 Å². The van der Waals surface area contributed by atoms with E-state index in [-0.39, 0.29) is 35.6 Å². The molecule has 2 aromatic rings. The Morgan fingerprint density at radius 2 is 1.67 bits per heavy atom. The largest absolute Gasteiger partial charge is 0.298 e. The van der Waals surface area contributed by atoms with Crippen molar-refractivity contribution < 1.29 is 21.0 Å². The lowest BCUT2D eigenvalue weighted by Crippen LogP contribution is -2.43. The number of nitriles is 1. The fraction of sp³-hybridized carbons (Fsp3) is 0.381. The minimum Gasteiger partial charge on any atom is -0.246 e. The molecule has 9 heteroatoms. The van der Waals surface area contributed by atoms with E-state index in [0.717, 1.165) is 15.4 Å². The highest BCUT2D eigenvalue weighted by Crippen LogP contribution is 2.25. The molecule has 1 atom stereocenters. The normalized spacial score (nSPS) is 13.2. The molecule has 2 aromatic carbocycles. The molecule has 162 valence electrons. The SMILES string of the molecule is CCC(OS(=O)(=O)c1cccc(C)c1)N(CCCC#N)S(=O)(=O)c1ccc(C)cc1. The van der Waals surface area contributed by atoms with E-state index < -0.39 is 26.4 Å². The van der Waals surface area contributed by atoms with Gasteiger partial charge in [0.15, 0.2) is 0 Å². The summed E-state index contributed by atoms with van der Waals surface area (Å²) in [7, 11) is -8.23. The first-order chi connectivity index (χ1) is 14.1. The Morgan fingerprint density at radius 1 is 1.00 bits per heavy atom. The summed E-state index contributed by atoms with van der Waals surface area (Å²) in [6, 6.07) is 14.5. The molecule has 0 aliphatic heterocycles. The van der Waals surface area contributed by atoms with E-state index in [1.807, 2.05) is 13.0 Å². The van der Waals surface area contributed by atoms with Crippen molar-refractivity contribution in [3.63, 3.8) is 0 Å². The van der Waals surface area contributed by atoms with Gasteiger partial charge in [0.1, 0.15) is 6.23 Å². The van der Waals surface area contributed by atoms with Gasteiger partial charge in [-0.3, -0.25) is 0 Å². The van der Waals surface area contributed by atoms with Crippen molar-refractivity contribution in [3.05, 3.63) is 59.7 Å². The molecule has 1 unspecified atom stereocenters. The molecular formula is C21H26N2O5S2. The van der Waals surface area contributed by atoms with Crippen LogP contribution in [0, 0.1) is 25.2 Å². The number of unbranched alkanes of at least 4 members (excludes halogenated alkanes) is 1. The Kier molecular flexibility index (Phi) is 8.15. The molecule has 7 nitrogen and oxygen atoms in total. The van der Waals surface area contributed by atoms with E-state index in [1.54, 1.807) is 38.1 Å². The third-order valence-corrected chi connectivity index (χ3v) is 7.69. The molecular weight excluding hydrogens is 424 g/mol. The van der Waals surface area contributed by atoms with Crippen molar-refractivity contribution >= 4 is 20.1 Å². The molecule has 0 aliphatic rings. The van der Waals surface area contributed by atoms with E-state index in [2.05, 4.69) is 0 Å². The molecule has 0 radical (unpaired) electrons. The Balaban J connectivity index is 2.42. The number of hydrogen-bond donors (Lipinski definition) is 0. The van der Waals surface area contributed by atoms with Crippen LogP contribution in [0.25, 0.3) is 0 Å². The van der Waals surface area contributed by atoms with E-state index in [4.69, 9.17) is 9.44 Å². The lowest BCUT2D eigenvalue weighted by atomic mass is 10.2. The van der Waals surface area contributed by atoms with E-state index in [0.29, 0.717) is 0 Å². The van der Waals surface area contributed by atoms with Crippen LogP contribution in [0.2, 0.25) is 0 Å². The summed E-state index contributed by atoms with van der Waals surface area (Å²) in [4.78, 5) is 0.00530. The summed E-state index contributed by atoms with van der Waals surface area (Å²) in [6.45, 7) is 5.21. The van der Waals surface area contributed by atoms with Crippen molar-refractivity contribution in [3.8, 4) is 6.07 Å². The van der Waals surface area contributed by atoms with Gasteiger partial charge in [0.05, 0.1) is 15.9 Å². The number of aryl methyl sites for hydroxylation is 2. The van der Waals surface area contributed by atoms with Crippen LogP contribution in [0.1, 0.15) is 37.3 Å². The average Bonchev–Trinajstić information content (AvgIpc) is 2.70. The van der Waals surface area contributed by atoms with E-state index >= 15 is 0 Å². The predicted molar refractivity (Wildman–Crippen MR) is 113 cm³/mol. The van der Waals surface area contributed by atoms with Gasteiger partial charge in [-0.05, 0) is 56.5 Å². The van der Waals surface area contributed by atoms with Crippen molar-refractivity contribution in [2.24, 2.45) is 0 Å². The molecule has 30 heavy (non-hydrogen) atoms. The molecule has 0 bridgehead atoms. The minimum absolute atomic E-state index is 0.0361. The Morgan fingerprint density at radius 3 is 2.23 bits per heavy atom. The molecule has 0 fully saturated rings. The topological polar surface area (TPSA) is 105 Å². The smallest absolute Gasteiger partial charge is 0.246 e. The molecule has 2 rings (SSSR count). The third kappa shape index (κ3) is 5.89. The van der Waals surface area contributed by atoms with Gasteiger partial charge in [-0.2, -0.15) is 18.0 Å². The zero-order valence-corrected chi connectivity index (χ0v) is 18.9. The maximum Gasteiger partial charge on any atom is 0.298 e. The zero-order valence-electron chi connectivity index (χ0n) is 17.3. The molecule has 0 saturated carbocycles. The number of hydrogen-bond acceptors (Lipinski definition) is 6. The maximum absolute atomic E-state index is 13.3. The highest BCUT2D eigenvalue weighted by Gasteiger charge is 2.34. The lowest BCUT2D eigenvalue weighted by Gasteiger charge is -2.29. The van der Waals surface area contributed by atoms with Crippen LogP contribution in [0.15, 0.2) is 58.3 Å². The summed E-state index contributed by atoms with van der Waals surface area (Å²) < 4.78 is 58.6. The van der Waals surface area contributed by atoms with Crippen LogP contribution in [-0.2, 0) is 24.3 Å². The van der Waals surface area contributed by atoms with Gasteiger partial charge in [-0.25, -0.2) is 12.6 Å². The zero-order chi connectivity index (χ0) is 22.4. The molecule has 0 spiro atoms. The molecule has 0 amide bonds. The Hall–Kier alpha value is -2.25. The van der Waals surface area contributed by atoms with Crippen LogP contribution in [-0.4, -0.2) is 33.9 Å². The van der Waals surface area contributed by atoms with Gasteiger partial charge < -0.3 is 0 Å². The maximum atomic E-state index is 13.3. The van der Waals surface area contributed by atoms with E-state index in [9.17, 15) is 16.8 Å². The number of benzene rings is 2. The quantitative estimate of drug-likeness (QED) is 0.310. The molecule has 0 aliphatic carbocycles. The average molecular weight is 451 g/mol. The highest BCUT2D eigenvalue weighted by molar-refractivity contribution is 7.89. The van der Waals surface area contributed by atoms with Crippen molar-refractivity contribution in [1.29, 1.82) is 5.26 Å². The minimum atomic E-state index is -4.19. The second-order valence-electron chi connectivity index (χ2n) is 6.92. The van der Waals surface area contributed by atoms with Crippen LogP contribution in [0.4, 0.5) is 0 Å². The number of nitrogens with zero attached hydrogens (tertiary/aromatic N) is 2. The molecule has 0 N–H and O–H groups in total.